The van der Waals surface area contributed by atoms with E-state index in [0.29, 0.717) is 10.4 Å². The maximum Gasteiger partial charge on any atom is 0.289 e. The Balaban J connectivity index is 2.03. The SMILES string of the molecule is CN(C(=O)c1ccc(Br)o1)C1CCOCC1. The molecule has 88 valence electrons. The van der Waals surface area contributed by atoms with Gasteiger partial charge in [0.15, 0.2) is 10.4 Å². The Hall–Kier alpha value is -0.810. The summed E-state index contributed by atoms with van der Waals surface area (Å²) in [6, 6.07) is 3.66. The van der Waals surface area contributed by atoms with Gasteiger partial charge in [-0.05, 0) is 40.9 Å². The van der Waals surface area contributed by atoms with Crippen molar-refractivity contribution >= 4 is 21.8 Å². The van der Waals surface area contributed by atoms with Crippen molar-refractivity contribution < 1.29 is 13.9 Å². The second-order valence-corrected chi connectivity index (χ2v) is 4.64. The number of ether oxygens (including phenoxy) is 1. The normalized spacial score (nSPS) is 17.4. The van der Waals surface area contributed by atoms with Crippen LogP contribution in [0.5, 0.6) is 0 Å². The van der Waals surface area contributed by atoms with E-state index in [1.807, 2.05) is 7.05 Å². The maximum absolute atomic E-state index is 12.0. The van der Waals surface area contributed by atoms with Gasteiger partial charge < -0.3 is 14.1 Å². The Labute approximate surface area is 103 Å². The molecule has 0 N–H and O–H groups in total. The van der Waals surface area contributed by atoms with Crippen molar-refractivity contribution in [3.05, 3.63) is 22.6 Å². The van der Waals surface area contributed by atoms with Gasteiger partial charge in [-0.1, -0.05) is 0 Å². The Morgan fingerprint density at radius 2 is 2.12 bits per heavy atom. The molecular formula is C11H14BrNO3. The maximum atomic E-state index is 12.0. The predicted octanol–water partition coefficient (Wildman–Crippen LogP) is 2.29. The molecule has 1 fully saturated rings. The van der Waals surface area contributed by atoms with Gasteiger partial charge in [0.2, 0.25) is 0 Å². The average Bonchev–Trinajstić information content (AvgIpc) is 2.75. The molecule has 16 heavy (non-hydrogen) atoms. The molecule has 1 amide bonds. The highest BCUT2D eigenvalue weighted by Crippen LogP contribution is 2.19. The number of carbonyl (C=O) groups is 1. The quantitative estimate of drug-likeness (QED) is 0.838. The third-order valence-corrected chi connectivity index (χ3v) is 3.27. The summed E-state index contributed by atoms with van der Waals surface area (Å²) in [6.45, 7) is 1.45. The third-order valence-electron chi connectivity index (χ3n) is 2.84. The van der Waals surface area contributed by atoms with Crippen LogP contribution in [-0.4, -0.2) is 37.1 Å². The number of hydrogen-bond acceptors (Lipinski definition) is 3. The summed E-state index contributed by atoms with van der Waals surface area (Å²) in [5.74, 6) is 0.304. The first-order valence-electron chi connectivity index (χ1n) is 5.28. The fourth-order valence-electron chi connectivity index (χ4n) is 1.84. The van der Waals surface area contributed by atoms with E-state index in [4.69, 9.17) is 9.15 Å². The first kappa shape index (κ1) is 11.7. The molecule has 1 aliphatic rings. The van der Waals surface area contributed by atoms with Gasteiger partial charge in [-0.2, -0.15) is 0 Å². The number of carbonyl (C=O) groups excluding carboxylic acids is 1. The van der Waals surface area contributed by atoms with Crippen molar-refractivity contribution in [2.75, 3.05) is 20.3 Å². The highest BCUT2D eigenvalue weighted by Gasteiger charge is 2.24. The molecule has 0 aromatic carbocycles. The molecule has 4 nitrogen and oxygen atoms in total. The Bertz CT molecular complexity index is 371. The first-order chi connectivity index (χ1) is 7.68. The van der Waals surface area contributed by atoms with Crippen LogP contribution in [0.4, 0.5) is 0 Å². The molecule has 0 aliphatic carbocycles. The molecule has 0 saturated carbocycles. The minimum absolute atomic E-state index is 0.0717. The highest BCUT2D eigenvalue weighted by atomic mass is 79.9. The molecule has 1 aromatic heterocycles. The van der Waals surface area contributed by atoms with Gasteiger partial charge in [0.1, 0.15) is 0 Å². The number of amides is 1. The summed E-state index contributed by atoms with van der Waals surface area (Å²) in [6.07, 6.45) is 1.79. The van der Waals surface area contributed by atoms with Crippen molar-refractivity contribution in [2.45, 2.75) is 18.9 Å². The standard InChI is InChI=1S/C11H14BrNO3/c1-13(8-4-6-15-7-5-8)11(14)9-2-3-10(12)16-9/h2-3,8H,4-7H2,1H3. The molecule has 2 heterocycles. The van der Waals surface area contributed by atoms with Crippen LogP contribution >= 0.6 is 15.9 Å². The van der Waals surface area contributed by atoms with Crippen molar-refractivity contribution in [3.63, 3.8) is 0 Å². The summed E-state index contributed by atoms with van der Waals surface area (Å²) < 4.78 is 11.1. The summed E-state index contributed by atoms with van der Waals surface area (Å²) in [5.41, 5.74) is 0. The number of halogens is 1. The van der Waals surface area contributed by atoms with E-state index in [1.165, 1.54) is 0 Å². The second-order valence-electron chi connectivity index (χ2n) is 3.86. The lowest BCUT2D eigenvalue weighted by atomic mass is 10.1. The van der Waals surface area contributed by atoms with Crippen LogP contribution in [0.3, 0.4) is 0 Å². The highest BCUT2D eigenvalue weighted by molar-refractivity contribution is 9.10. The number of rotatable bonds is 2. The largest absolute Gasteiger partial charge is 0.444 e. The van der Waals surface area contributed by atoms with Gasteiger partial charge in [-0.25, -0.2) is 0 Å². The fraction of sp³-hybridized carbons (Fsp3) is 0.545. The molecule has 1 aliphatic heterocycles. The molecule has 1 saturated heterocycles. The van der Waals surface area contributed by atoms with E-state index >= 15 is 0 Å². The van der Waals surface area contributed by atoms with E-state index in [-0.39, 0.29) is 11.9 Å². The van der Waals surface area contributed by atoms with Gasteiger partial charge in [0, 0.05) is 26.3 Å². The van der Waals surface area contributed by atoms with Gasteiger partial charge in [-0.15, -0.1) is 0 Å². The van der Waals surface area contributed by atoms with Crippen LogP contribution in [0.15, 0.2) is 21.2 Å². The Kier molecular flexibility index (Phi) is 3.66. The second kappa shape index (κ2) is 5.01. The van der Waals surface area contributed by atoms with Crippen LogP contribution in [0.25, 0.3) is 0 Å². The molecule has 2 rings (SSSR count). The summed E-state index contributed by atoms with van der Waals surface area (Å²) in [4.78, 5) is 13.8. The lowest BCUT2D eigenvalue weighted by Gasteiger charge is -2.30. The topological polar surface area (TPSA) is 42.7 Å². The molecule has 0 atom stereocenters. The minimum Gasteiger partial charge on any atom is -0.444 e. The lowest BCUT2D eigenvalue weighted by Crippen LogP contribution is -2.40. The predicted molar refractivity (Wildman–Crippen MR) is 62.3 cm³/mol. The van der Waals surface area contributed by atoms with E-state index < -0.39 is 0 Å². The average molecular weight is 288 g/mol. The number of nitrogens with zero attached hydrogens (tertiary/aromatic N) is 1. The summed E-state index contributed by atoms with van der Waals surface area (Å²) in [7, 11) is 1.81. The fourth-order valence-corrected chi connectivity index (χ4v) is 2.15. The van der Waals surface area contributed by atoms with Crippen molar-refractivity contribution in [1.29, 1.82) is 0 Å². The Morgan fingerprint density at radius 3 is 2.69 bits per heavy atom. The molecule has 1 aromatic rings. The van der Waals surface area contributed by atoms with Crippen LogP contribution in [0.2, 0.25) is 0 Å². The van der Waals surface area contributed by atoms with E-state index in [2.05, 4.69) is 15.9 Å². The van der Waals surface area contributed by atoms with Crippen LogP contribution in [0.1, 0.15) is 23.4 Å². The molecule has 0 radical (unpaired) electrons. The van der Waals surface area contributed by atoms with Crippen molar-refractivity contribution in [3.8, 4) is 0 Å². The summed E-state index contributed by atoms with van der Waals surface area (Å²) >= 11 is 3.19. The van der Waals surface area contributed by atoms with Gasteiger partial charge >= 0.3 is 0 Å². The van der Waals surface area contributed by atoms with Crippen molar-refractivity contribution in [1.82, 2.24) is 4.90 Å². The molecule has 0 spiro atoms. The zero-order valence-corrected chi connectivity index (χ0v) is 10.7. The smallest absolute Gasteiger partial charge is 0.289 e. The van der Waals surface area contributed by atoms with Gasteiger partial charge in [-0.3, -0.25) is 4.79 Å². The van der Waals surface area contributed by atoms with Crippen LogP contribution in [0, 0.1) is 0 Å². The zero-order chi connectivity index (χ0) is 11.5. The van der Waals surface area contributed by atoms with Crippen molar-refractivity contribution in [2.24, 2.45) is 0 Å². The minimum atomic E-state index is -0.0717. The van der Waals surface area contributed by atoms with E-state index in [1.54, 1.807) is 17.0 Å². The third kappa shape index (κ3) is 2.47. The van der Waals surface area contributed by atoms with Crippen LogP contribution in [-0.2, 0) is 4.74 Å². The van der Waals surface area contributed by atoms with Crippen LogP contribution < -0.4 is 0 Å². The van der Waals surface area contributed by atoms with E-state index in [0.717, 1.165) is 26.1 Å². The summed E-state index contributed by atoms with van der Waals surface area (Å²) in [5, 5.41) is 0. The Morgan fingerprint density at radius 1 is 1.44 bits per heavy atom. The van der Waals surface area contributed by atoms with Gasteiger partial charge in [0.25, 0.3) is 5.91 Å². The number of hydrogen-bond donors (Lipinski definition) is 0. The molecular weight excluding hydrogens is 274 g/mol. The monoisotopic (exact) mass is 287 g/mol. The molecule has 0 unspecified atom stereocenters. The number of furan rings is 1. The lowest BCUT2D eigenvalue weighted by molar-refractivity contribution is 0.0344. The first-order valence-corrected chi connectivity index (χ1v) is 6.08. The van der Waals surface area contributed by atoms with E-state index in [9.17, 15) is 4.79 Å². The van der Waals surface area contributed by atoms with Gasteiger partial charge in [0.05, 0.1) is 0 Å². The molecule has 5 heteroatoms. The molecule has 0 bridgehead atoms. The zero-order valence-electron chi connectivity index (χ0n) is 9.11.